The third-order valence-electron chi connectivity index (χ3n) is 3.43. The molecule has 1 heteroatoms. The van der Waals surface area contributed by atoms with Crippen LogP contribution in [0.15, 0.2) is 42.5 Å². The van der Waals surface area contributed by atoms with Crippen molar-refractivity contribution in [3.63, 3.8) is 0 Å². The van der Waals surface area contributed by atoms with Crippen molar-refractivity contribution < 1.29 is 4.79 Å². The summed E-state index contributed by atoms with van der Waals surface area (Å²) in [5, 5.41) is 0. The van der Waals surface area contributed by atoms with Crippen LogP contribution in [0.25, 0.3) is 0 Å². The Kier molecular flexibility index (Phi) is 1.60. The van der Waals surface area contributed by atoms with E-state index in [2.05, 4.69) is 24.3 Å². The summed E-state index contributed by atoms with van der Waals surface area (Å²) in [6.45, 7) is 0. The zero-order valence-electron chi connectivity index (χ0n) is 7.89. The van der Waals surface area contributed by atoms with Crippen LogP contribution in [-0.4, -0.2) is 5.78 Å². The normalized spacial score (nSPS) is 34.0. The topological polar surface area (TPSA) is 17.1 Å². The Morgan fingerprint density at radius 3 is 2.71 bits per heavy atom. The first-order valence-electron chi connectivity index (χ1n) is 5.13. The smallest absolute Gasteiger partial charge is 0.147 e. The second-order valence-electron chi connectivity index (χ2n) is 4.14. The van der Waals surface area contributed by atoms with Gasteiger partial charge in [-0.1, -0.05) is 42.5 Å². The van der Waals surface area contributed by atoms with Gasteiger partial charge in [-0.3, -0.25) is 4.79 Å². The van der Waals surface area contributed by atoms with Crippen molar-refractivity contribution in [2.45, 2.75) is 12.3 Å². The molecule has 3 rings (SSSR count). The van der Waals surface area contributed by atoms with Crippen molar-refractivity contribution >= 4 is 5.78 Å². The van der Waals surface area contributed by atoms with E-state index in [0.29, 0.717) is 11.7 Å². The highest BCUT2D eigenvalue weighted by Gasteiger charge is 2.49. The lowest BCUT2D eigenvalue weighted by Gasteiger charge is -2.38. The Bertz CT molecular complexity index is 391. The van der Waals surface area contributed by atoms with Crippen LogP contribution in [-0.2, 0) is 4.79 Å². The van der Waals surface area contributed by atoms with Crippen LogP contribution in [0.4, 0.5) is 0 Å². The molecular weight excluding hydrogens is 172 g/mol. The molecule has 2 aliphatic rings. The summed E-state index contributed by atoms with van der Waals surface area (Å²) in [4.78, 5) is 11.8. The highest BCUT2D eigenvalue weighted by atomic mass is 16.1. The second-order valence-corrected chi connectivity index (χ2v) is 4.14. The number of hydrogen-bond acceptors (Lipinski definition) is 1. The van der Waals surface area contributed by atoms with Crippen LogP contribution in [0.1, 0.15) is 17.9 Å². The summed E-state index contributed by atoms with van der Waals surface area (Å²) in [6.07, 6.45) is 5.30. The van der Waals surface area contributed by atoms with E-state index in [1.807, 2.05) is 18.2 Å². The molecule has 0 aromatic heterocycles. The maximum Gasteiger partial charge on any atom is 0.147 e. The van der Waals surface area contributed by atoms with E-state index in [1.165, 1.54) is 5.56 Å². The van der Waals surface area contributed by atoms with Crippen molar-refractivity contribution in [3.8, 4) is 0 Å². The number of carbonyl (C=O) groups excluding carboxylic acids is 1. The molecule has 2 aliphatic carbocycles. The van der Waals surface area contributed by atoms with Gasteiger partial charge in [-0.2, -0.15) is 0 Å². The second kappa shape index (κ2) is 2.81. The van der Waals surface area contributed by atoms with Gasteiger partial charge in [-0.25, -0.2) is 0 Å². The quantitative estimate of drug-likeness (QED) is 0.613. The van der Waals surface area contributed by atoms with Gasteiger partial charge in [0.25, 0.3) is 0 Å². The molecule has 0 heterocycles. The fourth-order valence-electron chi connectivity index (χ4n) is 2.69. The number of rotatable bonds is 1. The van der Waals surface area contributed by atoms with Crippen LogP contribution in [0.2, 0.25) is 0 Å². The molecule has 0 spiro atoms. The molecule has 14 heavy (non-hydrogen) atoms. The predicted molar refractivity (Wildman–Crippen MR) is 54.9 cm³/mol. The third-order valence-corrected chi connectivity index (χ3v) is 3.43. The van der Waals surface area contributed by atoms with Gasteiger partial charge in [0.05, 0.1) is 0 Å². The molecule has 1 aromatic rings. The first-order valence-corrected chi connectivity index (χ1v) is 5.13. The molecule has 0 amide bonds. The number of carbonyl (C=O) groups is 1. The first kappa shape index (κ1) is 7.98. The Hall–Kier alpha value is -1.37. The summed E-state index contributed by atoms with van der Waals surface area (Å²) in [5.41, 5.74) is 1.20. The van der Waals surface area contributed by atoms with E-state index < -0.39 is 0 Å². The maximum absolute atomic E-state index is 11.8. The standard InChI is InChI=1S/C13H12O/c14-13-11-8-4-7-10(11)12(13)9-5-2-1-3-6-9/h1-6,8,10-12H,7H2. The predicted octanol–water partition coefficient (Wildman–Crippen LogP) is 2.55. The monoisotopic (exact) mass is 184 g/mol. The van der Waals surface area contributed by atoms with E-state index >= 15 is 0 Å². The molecule has 3 atom stereocenters. The van der Waals surface area contributed by atoms with Gasteiger partial charge in [0.15, 0.2) is 0 Å². The molecule has 0 bridgehead atoms. The van der Waals surface area contributed by atoms with Gasteiger partial charge >= 0.3 is 0 Å². The minimum absolute atomic E-state index is 0.177. The molecule has 1 aromatic carbocycles. The van der Waals surface area contributed by atoms with Crippen molar-refractivity contribution in [3.05, 3.63) is 48.0 Å². The number of fused-ring (bicyclic) bond motifs is 1. The molecule has 1 fully saturated rings. The molecule has 70 valence electrons. The summed E-state index contributed by atoms with van der Waals surface area (Å²) < 4.78 is 0. The number of Topliss-reactive ketones (excluding diaryl/α,β-unsaturated/α-hetero) is 1. The van der Waals surface area contributed by atoms with Crippen LogP contribution in [0.5, 0.6) is 0 Å². The van der Waals surface area contributed by atoms with E-state index in [9.17, 15) is 4.79 Å². The Balaban J connectivity index is 1.92. The molecule has 0 radical (unpaired) electrons. The highest BCUT2D eigenvalue weighted by molar-refractivity contribution is 5.96. The zero-order chi connectivity index (χ0) is 9.54. The van der Waals surface area contributed by atoms with Crippen LogP contribution in [0, 0.1) is 11.8 Å². The van der Waals surface area contributed by atoms with Gasteiger partial charge in [-0.15, -0.1) is 0 Å². The van der Waals surface area contributed by atoms with E-state index in [1.54, 1.807) is 0 Å². The average Bonchev–Trinajstić information content (AvgIpc) is 2.63. The third kappa shape index (κ3) is 0.926. The van der Waals surface area contributed by atoms with Crippen molar-refractivity contribution in [2.24, 2.45) is 11.8 Å². The number of allylic oxidation sites excluding steroid dienone is 2. The summed E-state index contributed by atoms with van der Waals surface area (Å²) in [7, 11) is 0. The fraction of sp³-hybridized carbons (Fsp3) is 0.308. The van der Waals surface area contributed by atoms with Crippen molar-refractivity contribution in [1.82, 2.24) is 0 Å². The summed E-state index contributed by atoms with van der Waals surface area (Å²) in [5.74, 6) is 1.39. The van der Waals surface area contributed by atoms with E-state index in [0.717, 1.165) is 6.42 Å². The van der Waals surface area contributed by atoms with E-state index in [4.69, 9.17) is 0 Å². The Morgan fingerprint density at radius 2 is 1.93 bits per heavy atom. The summed E-state index contributed by atoms with van der Waals surface area (Å²) >= 11 is 0. The Morgan fingerprint density at radius 1 is 1.14 bits per heavy atom. The lowest BCUT2D eigenvalue weighted by Crippen LogP contribution is -2.42. The van der Waals surface area contributed by atoms with Gasteiger partial charge in [0, 0.05) is 11.8 Å². The van der Waals surface area contributed by atoms with Crippen LogP contribution < -0.4 is 0 Å². The molecule has 0 aliphatic heterocycles. The largest absolute Gasteiger partial charge is 0.298 e. The van der Waals surface area contributed by atoms with Crippen molar-refractivity contribution in [2.75, 3.05) is 0 Å². The average molecular weight is 184 g/mol. The first-order chi connectivity index (χ1) is 6.88. The lowest BCUT2D eigenvalue weighted by molar-refractivity contribution is -0.133. The van der Waals surface area contributed by atoms with Gasteiger partial charge in [0.2, 0.25) is 0 Å². The van der Waals surface area contributed by atoms with Gasteiger partial charge < -0.3 is 0 Å². The highest BCUT2D eigenvalue weighted by Crippen LogP contribution is 2.49. The maximum atomic E-state index is 11.8. The zero-order valence-corrected chi connectivity index (χ0v) is 7.89. The molecule has 1 nitrogen and oxygen atoms in total. The van der Waals surface area contributed by atoms with Crippen LogP contribution in [0.3, 0.4) is 0 Å². The lowest BCUT2D eigenvalue weighted by atomic mass is 9.62. The molecular formula is C13H12O. The molecule has 3 unspecified atom stereocenters. The van der Waals surface area contributed by atoms with Gasteiger partial charge in [0.1, 0.15) is 5.78 Å². The number of benzene rings is 1. The van der Waals surface area contributed by atoms with E-state index in [-0.39, 0.29) is 11.8 Å². The van der Waals surface area contributed by atoms with Crippen LogP contribution >= 0.6 is 0 Å². The minimum atomic E-state index is 0.177. The Labute approximate surface area is 83.4 Å². The minimum Gasteiger partial charge on any atom is -0.298 e. The summed E-state index contributed by atoms with van der Waals surface area (Å²) in [6, 6.07) is 10.2. The molecule has 0 N–H and O–H groups in total. The molecule has 1 saturated carbocycles. The fourth-order valence-corrected chi connectivity index (χ4v) is 2.69. The number of ketones is 1. The molecule has 0 saturated heterocycles. The SMILES string of the molecule is O=C1C2C=CCC2C1c1ccccc1. The van der Waals surface area contributed by atoms with Crippen molar-refractivity contribution in [1.29, 1.82) is 0 Å². The number of hydrogen-bond donors (Lipinski definition) is 0. The van der Waals surface area contributed by atoms with Gasteiger partial charge in [-0.05, 0) is 17.9 Å².